The normalized spacial score (nSPS) is 24.1. The monoisotopic (exact) mass is 445 g/mol. The molecule has 1 spiro atoms. The Kier molecular flexibility index (Phi) is 5.33. The highest BCUT2D eigenvalue weighted by Gasteiger charge is 2.52. The van der Waals surface area contributed by atoms with Crippen LogP contribution in [0.5, 0.6) is 0 Å². The van der Waals surface area contributed by atoms with Crippen LogP contribution in [0.2, 0.25) is 0 Å². The van der Waals surface area contributed by atoms with E-state index in [1.54, 1.807) is 16.8 Å². The maximum absolute atomic E-state index is 14.6. The molecule has 1 N–H and O–H groups in total. The number of hydrogen-bond donors (Lipinski definition) is 1. The topological polar surface area (TPSA) is 44.7 Å². The van der Waals surface area contributed by atoms with Crippen LogP contribution in [-0.2, 0) is 9.67 Å². The standard InChI is InChI=1S/C22H21F2N3OS2/c23-15-5-6-18(24)16(13-15)20-26-27(21(28)14-7-10-25-11-8-14)22(30-20)9-12-29-19-4-2-1-3-17(19)22/h1-6,13-14,25H,7-12H2. The third-order valence-electron chi connectivity index (χ3n) is 5.86. The summed E-state index contributed by atoms with van der Waals surface area (Å²) < 4.78 is 28.5. The zero-order chi connectivity index (χ0) is 20.7. The van der Waals surface area contributed by atoms with Crippen molar-refractivity contribution >= 4 is 34.5 Å². The molecule has 156 valence electrons. The number of piperidine rings is 1. The highest BCUT2D eigenvalue weighted by Crippen LogP contribution is 2.55. The average molecular weight is 446 g/mol. The van der Waals surface area contributed by atoms with Crippen LogP contribution < -0.4 is 5.32 Å². The molecule has 3 aliphatic rings. The van der Waals surface area contributed by atoms with Gasteiger partial charge in [-0.25, -0.2) is 13.8 Å². The Hall–Kier alpha value is -1.90. The van der Waals surface area contributed by atoms with Gasteiger partial charge < -0.3 is 5.32 Å². The molecule has 5 rings (SSSR count). The van der Waals surface area contributed by atoms with Crippen molar-refractivity contribution in [2.75, 3.05) is 18.8 Å². The van der Waals surface area contributed by atoms with Crippen molar-refractivity contribution in [1.29, 1.82) is 0 Å². The van der Waals surface area contributed by atoms with Crippen molar-refractivity contribution in [2.45, 2.75) is 29.0 Å². The Balaban J connectivity index is 1.62. The maximum atomic E-state index is 14.6. The van der Waals surface area contributed by atoms with Gasteiger partial charge in [0.15, 0.2) is 0 Å². The molecule has 1 saturated heterocycles. The van der Waals surface area contributed by atoms with Gasteiger partial charge in [-0.05, 0) is 56.6 Å². The van der Waals surface area contributed by atoms with Gasteiger partial charge in [0.05, 0.1) is 0 Å². The van der Waals surface area contributed by atoms with Gasteiger partial charge in [0.1, 0.15) is 21.5 Å². The minimum atomic E-state index is -0.724. The molecule has 1 unspecified atom stereocenters. The zero-order valence-electron chi connectivity index (χ0n) is 16.2. The van der Waals surface area contributed by atoms with Crippen LogP contribution in [0.15, 0.2) is 52.5 Å². The second-order valence-corrected chi connectivity index (χ2v) is 10.1. The van der Waals surface area contributed by atoms with E-state index in [0.717, 1.165) is 60.3 Å². The van der Waals surface area contributed by atoms with Crippen LogP contribution in [0.4, 0.5) is 8.78 Å². The first-order valence-corrected chi connectivity index (χ1v) is 11.9. The summed E-state index contributed by atoms with van der Waals surface area (Å²) in [6, 6.07) is 11.4. The summed E-state index contributed by atoms with van der Waals surface area (Å²) in [6.07, 6.45) is 2.21. The fourth-order valence-corrected chi connectivity index (χ4v) is 7.11. The molecule has 0 bridgehead atoms. The number of benzene rings is 2. The summed E-state index contributed by atoms with van der Waals surface area (Å²) in [5.41, 5.74) is 1.12. The molecule has 30 heavy (non-hydrogen) atoms. The zero-order valence-corrected chi connectivity index (χ0v) is 17.9. The summed E-state index contributed by atoms with van der Waals surface area (Å²) in [5.74, 6) is -0.378. The molecule has 0 aromatic heterocycles. The Bertz CT molecular complexity index is 1030. The summed E-state index contributed by atoms with van der Waals surface area (Å²) >= 11 is 3.13. The quantitative estimate of drug-likeness (QED) is 0.737. The third-order valence-corrected chi connectivity index (χ3v) is 8.37. The molecule has 3 heterocycles. The van der Waals surface area contributed by atoms with E-state index in [9.17, 15) is 13.6 Å². The minimum absolute atomic E-state index is 0.0301. The number of nitrogens with one attached hydrogen (secondary N) is 1. The van der Waals surface area contributed by atoms with Crippen molar-refractivity contribution in [3.63, 3.8) is 0 Å². The van der Waals surface area contributed by atoms with Gasteiger partial charge in [-0.15, -0.1) is 11.8 Å². The number of hydrazone groups is 1. The van der Waals surface area contributed by atoms with Crippen LogP contribution in [0.25, 0.3) is 0 Å². The molecule has 2 aromatic rings. The molecule has 0 radical (unpaired) electrons. The average Bonchev–Trinajstić information content (AvgIpc) is 3.15. The summed E-state index contributed by atoms with van der Waals surface area (Å²) in [5, 5.41) is 9.87. The summed E-state index contributed by atoms with van der Waals surface area (Å²) in [6.45, 7) is 1.60. The lowest BCUT2D eigenvalue weighted by atomic mass is 9.94. The molecule has 3 aliphatic heterocycles. The number of hydrogen-bond acceptors (Lipinski definition) is 5. The minimum Gasteiger partial charge on any atom is -0.317 e. The molecule has 1 atom stereocenters. The van der Waals surface area contributed by atoms with Crippen LogP contribution in [0.3, 0.4) is 0 Å². The van der Waals surface area contributed by atoms with Crippen molar-refractivity contribution in [3.8, 4) is 0 Å². The predicted molar refractivity (Wildman–Crippen MR) is 116 cm³/mol. The van der Waals surface area contributed by atoms with E-state index < -0.39 is 16.5 Å². The molecule has 4 nitrogen and oxygen atoms in total. The van der Waals surface area contributed by atoms with Crippen molar-refractivity contribution in [2.24, 2.45) is 11.0 Å². The molecule has 0 saturated carbocycles. The lowest BCUT2D eigenvalue weighted by molar-refractivity contribution is -0.140. The first kappa shape index (κ1) is 20.0. The SMILES string of the molecule is O=C(C1CCNCC1)N1N=C(c2cc(F)ccc2F)SC12CCSc1ccccc12. The number of fused-ring (bicyclic) bond motifs is 2. The van der Waals surface area contributed by atoms with Gasteiger partial charge in [-0.3, -0.25) is 4.79 Å². The molecule has 0 aliphatic carbocycles. The van der Waals surface area contributed by atoms with Gasteiger partial charge in [-0.2, -0.15) is 5.10 Å². The van der Waals surface area contributed by atoms with Gasteiger partial charge >= 0.3 is 0 Å². The van der Waals surface area contributed by atoms with Gasteiger partial charge in [-0.1, -0.05) is 30.0 Å². The Labute approximate surface area is 182 Å². The van der Waals surface area contributed by atoms with Crippen molar-refractivity contribution in [3.05, 3.63) is 65.2 Å². The number of carbonyl (C=O) groups is 1. The van der Waals surface area contributed by atoms with Crippen molar-refractivity contribution in [1.82, 2.24) is 10.3 Å². The number of amides is 1. The third kappa shape index (κ3) is 3.35. The van der Waals surface area contributed by atoms with Crippen LogP contribution in [0.1, 0.15) is 30.4 Å². The number of halogens is 2. The smallest absolute Gasteiger partial charge is 0.247 e. The van der Waals surface area contributed by atoms with E-state index in [2.05, 4.69) is 16.5 Å². The van der Waals surface area contributed by atoms with Gasteiger partial charge in [0.25, 0.3) is 0 Å². The van der Waals surface area contributed by atoms with Crippen LogP contribution in [0, 0.1) is 17.6 Å². The van der Waals surface area contributed by atoms with E-state index in [-0.39, 0.29) is 17.4 Å². The number of thioether (sulfide) groups is 2. The van der Waals surface area contributed by atoms with E-state index in [1.165, 1.54) is 11.8 Å². The fraction of sp³-hybridized carbons (Fsp3) is 0.364. The lowest BCUT2D eigenvalue weighted by Crippen LogP contribution is -2.47. The van der Waals surface area contributed by atoms with E-state index in [1.807, 2.05) is 18.2 Å². The Morgan fingerprint density at radius 3 is 2.80 bits per heavy atom. The Morgan fingerprint density at radius 2 is 1.97 bits per heavy atom. The van der Waals surface area contributed by atoms with E-state index >= 15 is 0 Å². The maximum Gasteiger partial charge on any atom is 0.247 e. The van der Waals surface area contributed by atoms with Crippen molar-refractivity contribution < 1.29 is 13.6 Å². The van der Waals surface area contributed by atoms with E-state index in [0.29, 0.717) is 11.5 Å². The highest BCUT2D eigenvalue weighted by molar-refractivity contribution is 8.15. The second-order valence-electron chi connectivity index (χ2n) is 7.68. The highest BCUT2D eigenvalue weighted by atomic mass is 32.2. The second kappa shape index (κ2) is 7.98. The fourth-order valence-electron chi connectivity index (χ4n) is 4.31. The number of carbonyl (C=O) groups excluding carboxylic acids is 1. The molecule has 1 fully saturated rings. The van der Waals surface area contributed by atoms with Crippen LogP contribution >= 0.6 is 23.5 Å². The molecule has 2 aromatic carbocycles. The van der Waals surface area contributed by atoms with Crippen LogP contribution in [-0.4, -0.2) is 34.8 Å². The Morgan fingerprint density at radius 1 is 1.17 bits per heavy atom. The molecule has 1 amide bonds. The lowest BCUT2D eigenvalue weighted by Gasteiger charge is -2.41. The van der Waals surface area contributed by atoms with Gasteiger partial charge in [0.2, 0.25) is 5.91 Å². The first-order chi connectivity index (χ1) is 14.6. The number of rotatable bonds is 2. The molecular formula is C22H21F2N3OS2. The first-order valence-electron chi connectivity index (χ1n) is 10.1. The molecule has 8 heteroatoms. The molecular weight excluding hydrogens is 424 g/mol. The summed E-state index contributed by atoms with van der Waals surface area (Å²) in [7, 11) is 0. The van der Waals surface area contributed by atoms with E-state index in [4.69, 9.17) is 0 Å². The van der Waals surface area contributed by atoms with Gasteiger partial charge in [0, 0.05) is 27.7 Å². The largest absolute Gasteiger partial charge is 0.317 e. The summed E-state index contributed by atoms with van der Waals surface area (Å²) in [4.78, 5) is 14.0. The predicted octanol–water partition coefficient (Wildman–Crippen LogP) is 4.55. The number of nitrogens with zero attached hydrogens (tertiary/aromatic N) is 2.